The van der Waals surface area contributed by atoms with E-state index in [0.717, 1.165) is 24.3 Å². The Bertz CT molecular complexity index is 496. The molecule has 0 spiro atoms. The van der Waals surface area contributed by atoms with E-state index in [2.05, 4.69) is 37.1 Å². The lowest BCUT2D eigenvalue weighted by molar-refractivity contribution is 0.495. The highest BCUT2D eigenvalue weighted by molar-refractivity contribution is 7.11. The van der Waals surface area contributed by atoms with E-state index in [0.29, 0.717) is 0 Å². The van der Waals surface area contributed by atoms with Crippen molar-refractivity contribution in [3.8, 4) is 0 Å². The predicted molar refractivity (Wildman–Crippen MR) is 75.2 cm³/mol. The molecule has 3 nitrogen and oxygen atoms in total. The summed E-state index contributed by atoms with van der Waals surface area (Å²) < 4.78 is 5.51. The molecule has 0 saturated carbocycles. The van der Waals surface area contributed by atoms with E-state index in [1.165, 1.54) is 15.4 Å². The number of nitrogens with one attached hydrogen (secondary N) is 1. The molecule has 2 heterocycles. The van der Waals surface area contributed by atoms with Crippen molar-refractivity contribution in [2.45, 2.75) is 39.7 Å². The molecule has 18 heavy (non-hydrogen) atoms. The number of nitrogens with zero attached hydrogens (tertiary/aromatic N) is 1. The molecule has 2 aromatic rings. The highest BCUT2D eigenvalue weighted by Crippen LogP contribution is 2.26. The summed E-state index contributed by atoms with van der Waals surface area (Å²) in [5, 5.41) is 4.55. The average Bonchev–Trinajstić information content (AvgIpc) is 2.94. The van der Waals surface area contributed by atoms with Gasteiger partial charge in [-0.05, 0) is 27.0 Å². The molecule has 0 fully saturated rings. The minimum Gasteiger partial charge on any atom is -0.469 e. The standard InChI is InChI=1S/C14H20N2OS/c1-5-13-11(6-7-17-13)12(15-4)8-14-16-9(2)10(3)18-14/h6-7,12,15H,5,8H2,1-4H3. The molecular weight excluding hydrogens is 244 g/mol. The first kappa shape index (κ1) is 13.3. The molecule has 0 saturated heterocycles. The number of furan rings is 1. The molecule has 0 aromatic carbocycles. The fourth-order valence-corrected chi connectivity index (χ4v) is 3.10. The van der Waals surface area contributed by atoms with E-state index in [1.807, 2.05) is 7.05 Å². The first-order chi connectivity index (χ1) is 8.65. The normalized spacial score (nSPS) is 12.9. The van der Waals surface area contributed by atoms with E-state index in [-0.39, 0.29) is 6.04 Å². The molecule has 0 aliphatic carbocycles. The zero-order chi connectivity index (χ0) is 13.1. The van der Waals surface area contributed by atoms with Gasteiger partial charge in [0, 0.05) is 29.3 Å². The van der Waals surface area contributed by atoms with Crippen LogP contribution in [-0.2, 0) is 12.8 Å². The molecule has 0 radical (unpaired) electrons. The molecule has 98 valence electrons. The molecule has 0 bridgehead atoms. The molecule has 2 aromatic heterocycles. The number of thiazole rings is 1. The van der Waals surface area contributed by atoms with Gasteiger partial charge in [-0.1, -0.05) is 6.92 Å². The van der Waals surface area contributed by atoms with Crippen molar-refractivity contribution in [1.82, 2.24) is 10.3 Å². The van der Waals surface area contributed by atoms with Crippen molar-refractivity contribution in [2.24, 2.45) is 0 Å². The molecular formula is C14H20N2OS. The van der Waals surface area contributed by atoms with Crippen LogP contribution in [0.2, 0.25) is 0 Å². The lowest BCUT2D eigenvalue weighted by atomic mass is 10.0. The van der Waals surface area contributed by atoms with Crippen LogP contribution in [0.15, 0.2) is 16.7 Å². The number of aromatic nitrogens is 1. The first-order valence-electron chi connectivity index (χ1n) is 6.32. The van der Waals surface area contributed by atoms with Gasteiger partial charge in [0.2, 0.25) is 0 Å². The quantitative estimate of drug-likeness (QED) is 0.899. The van der Waals surface area contributed by atoms with Crippen molar-refractivity contribution in [1.29, 1.82) is 0 Å². The Morgan fingerprint density at radius 2 is 2.22 bits per heavy atom. The third-order valence-electron chi connectivity index (χ3n) is 3.28. The highest BCUT2D eigenvalue weighted by atomic mass is 32.1. The zero-order valence-electron chi connectivity index (χ0n) is 11.4. The summed E-state index contributed by atoms with van der Waals surface area (Å²) in [7, 11) is 1.99. The fourth-order valence-electron chi connectivity index (χ4n) is 2.12. The van der Waals surface area contributed by atoms with Crippen LogP contribution in [-0.4, -0.2) is 12.0 Å². The molecule has 1 atom stereocenters. The molecule has 1 N–H and O–H groups in total. The van der Waals surface area contributed by atoms with Gasteiger partial charge in [-0.3, -0.25) is 0 Å². The summed E-state index contributed by atoms with van der Waals surface area (Å²) in [4.78, 5) is 5.92. The highest BCUT2D eigenvalue weighted by Gasteiger charge is 2.17. The SMILES string of the molecule is CCc1occc1C(Cc1nc(C)c(C)s1)NC. The second-order valence-electron chi connectivity index (χ2n) is 4.45. The fraction of sp³-hybridized carbons (Fsp3) is 0.500. The molecule has 0 aliphatic heterocycles. The minimum atomic E-state index is 0.281. The van der Waals surface area contributed by atoms with Gasteiger partial charge in [0.25, 0.3) is 0 Å². The predicted octanol–water partition coefficient (Wildman–Crippen LogP) is 3.42. The van der Waals surface area contributed by atoms with Gasteiger partial charge in [-0.2, -0.15) is 0 Å². The molecule has 0 amide bonds. The van der Waals surface area contributed by atoms with Gasteiger partial charge in [0.15, 0.2) is 0 Å². The van der Waals surface area contributed by atoms with Crippen LogP contribution in [0.5, 0.6) is 0 Å². The lowest BCUT2D eigenvalue weighted by Crippen LogP contribution is -2.19. The van der Waals surface area contributed by atoms with E-state index < -0.39 is 0 Å². The van der Waals surface area contributed by atoms with Gasteiger partial charge in [-0.25, -0.2) is 4.98 Å². The van der Waals surface area contributed by atoms with Crippen LogP contribution in [0.1, 0.15) is 39.9 Å². The van der Waals surface area contributed by atoms with Gasteiger partial charge >= 0.3 is 0 Å². The molecule has 1 unspecified atom stereocenters. The summed E-state index contributed by atoms with van der Waals surface area (Å²) in [5.41, 5.74) is 2.40. The maximum atomic E-state index is 5.51. The number of hydrogen-bond donors (Lipinski definition) is 1. The van der Waals surface area contributed by atoms with Crippen molar-refractivity contribution in [2.75, 3.05) is 7.05 Å². The summed E-state index contributed by atoms with van der Waals surface area (Å²) in [6.45, 7) is 6.31. The molecule has 4 heteroatoms. The Morgan fingerprint density at radius 1 is 1.44 bits per heavy atom. The second-order valence-corrected chi connectivity index (χ2v) is 5.74. The number of likely N-dealkylation sites (N-methyl/N-ethyl adjacent to an activating group) is 1. The van der Waals surface area contributed by atoms with Crippen molar-refractivity contribution >= 4 is 11.3 Å². The Kier molecular flexibility index (Phi) is 4.19. The minimum absolute atomic E-state index is 0.281. The topological polar surface area (TPSA) is 38.1 Å². The number of rotatable bonds is 5. The van der Waals surface area contributed by atoms with Crippen molar-refractivity contribution in [3.63, 3.8) is 0 Å². The number of aryl methyl sites for hydroxylation is 3. The van der Waals surface area contributed by atoms with Crippen LogP contribution < -0.4 is 5.32 Å². The largest absolute Gasteiger partial charge is 0.469 e. The van der Waals surface area contributed by atoms with Gasteiger partial charge in [0.1, 0.15) is 5.76 Å². The van der Waals surface area contributed by atoms with E-state index in [1.54, 1.807) is 17.6 Å². The lowest BCUT2D eigenvalue weighted by Gasteiger charge is -2.14. The Labute approximate surface area is 112 Å². The monoisotopic (exact) mass is 264 g/mol. The first-order valence-corrected chi connectivity index (χ1v) is 7.13. The molecule has 0 aliphatic rings. The van der Waals surface area contributed by atoms with Gasteiger partial charge in [-0.15, -0.1) is 11.3 Å². The summed E-state index contributed by atoms with van der Waals surface area (Å²) in [5.74, 6) is 1.07. The zero-order valence-corrected chi connectivity index (χ0v) is 12.2. The third kappa shape index (κ3) is 2.65. The summed E-state index contributed by atoms with van der Waals surface area (Å²) in [6.07, 6.45) is 3.62. The van der Waals surface area contributed by atoms with Crippen LogP contribution in [0.3, 0.4) is 0 Å². The Balaban J connectivity index is 2.19. The molecule has 2 rings (SSSR count). The third-order valence-corrected chi connectivity index (χ3v) is 4.37. The smallest absolute Gasteiger partial charge is 0.108 e. The van der Waals surface area contributed by atoms with Crippen molar-refractivity contribution < 1.29 is 4.42 Å². The maximum absolute atomic E-state index is 5.51. The van der Waals surface area contributed by atoms with Crippen molar-refractivity contribution in [3.05, 3.63) is 39.2 Å². The van der Waals surface area contributed by atoms with E-state index in [9.17, 15) is 0 Å². The maximum Gasteiger partial charge on any atom is 0.108 e. The van der Waals surface area contributed by atoms with Gasteiger partial charge < -0.3 is 9.73 Å². The second kappa shape index (κ2) is 5.67. The Morgan fingerprint density at radius 3 is 2.78 bits per heavy atom. The van der Waals surface area contributed by atoms with Crippen LogP contribution in [0, 0.1) is 13.8 Å². The number of hydrogen-bond acceptors (Lipinski definition) is 4. The van der Waals surface area contributed by atoms with Crippen LogP contribution in [0.4, 0.5) is 0 Å². The summed E-state index contributed by atoms with van der Waals surface area (Å²) >= 11 is 1.79. The summed E-state index contributed by atoms with van der Waals surface area (Å²) in [6, 6.07) is 2.34. The van der Waals surface area contributed by atoms with E-state index in [4.69, 9.17) is 4.42 Å². The average molecular weight is 264 g/mol. The van der Waals surface area contributed by atoms with Crippen LogP contribution >= 0.6 is 11.3 Å². The van der Waals surface area contributed by atoms with Gasteiger partial charge in [0.05, 0.1) is 17.0 Å². The van der Waals surface area contributed by atoms with Crippen LogP contribution in [0.25, 0.3) is 0 Å². The van der Waals surface area contributed by atoms with E-state index >= 15 is 0 Å². The Hall–Kier alpha value is -1.13.